The van der Waals surface area contributed by atoms with E-state index in [9.17, 15) is 0 Å². The van der Waals surface area contributed by atoms with Crippen LogP contribution in [0.3, 0.4) is 0 Å². The lowest BCUT2D eigenvalue weighted by Gasteiger charge is -2.29. The normalized spacial score (nSPS) is 11.3. The number of hydrogen-bond acceptors (Lipinski definition) is 1. The summed E-state index contributed by atoms with van der Waals surface area (Å²) in [5.41, 5.74) is 12.9. The molecule has 10 aromatic carbocycles. The molecule has 0 aromatic heterocycles. The zero-order chi connectivity index (χ0) is 36.6. The Labute approximate surface area is 322 Å². The van der Waals surface area contributed by atoms with Gasteiger partial charge >= 0.3 is 0 Å². The summed E-state index contributed by atoms with van der Waals surface area (Å²) in [7, 11) is 0. The number of fused-ring (bicyclic) bond motifs is 3. The molecule has 10 rings (SSSR count). The van der Waals surface area contributed by atoms with E-state index in [2.05, 4.69) is 229 Å². The zero-order valence-electron chi connectivity index (χ0n) is 30.3. The highest BCUT2D eigenvalue weighted by atomic mass is 15.1. The summed E-state index contributed by atoms with van der Waals surface area (Å²) in [5.74, 6) is 0. The van der Waals surface area contributed by atoms with Crippen molar-refractivity contribution in [2.24, 2.45) is 0 Å². The second kappa shape index (κ2) is 14.0. The zero-order valence-corrected chi connectivity index (χ0v) is 30.3. The lowest BCUT2D eigenvalue weighted by molar-refractivity contribution is 1.28. The van der Waals surface area contributed by atoms with E-state index in [-0.39, 0.29) is 0 Å². The van der Waals surface area contributed by atoms with Crippen molar-refractivity contribution in [1.29, 1.82) is 0 Å². The highest BCUT2D eigenvalue weighted by molar-refractivity contribution is 5.96. The highest BCUT2D eigenvalue weighted by Crippen LogP contribution is 2.44. The predicted molar refractivity (Wildman–Crippen MR) is 235 cm³/mol. The predicted octanol–water partition coefficient (Wildman–Crippen LogP) is 15.3. The minimum Gasteiger partial charge on any atom is -0.310 e. The smallest absolute Gasteiger partial charge is 0.0546 e. The number of rotatable bonds is 7. The average Bonchev–Trinajstić information content (AvgIpc) is 3.26. The molecular formula is C54H37N. The first kappa shape index (κ1) is 32.4. The van der Waals surface area contributed by atoms with Crippen molar-refractivity contribution in [3.63, 3.8) is 0 Å². The lowest BCUT2D eigenvalue weighted by atomic mass is 9.94. The van der Waals surface area contributed by atoms with E-state index in [0.717, 1.165) is 17.1 Å². The molecule has 0 fully saturated rings. The molecular weight excluding hydrogens is 663 g/mol. The van der Waals surface area contributed by atoms with Crippen LogP contribution in [0.2, 0.25) is 0 Å². The van der Waals surface area contributed by atoms with Gasteiger partial charge in [-0.25, -0.2) is 0 Å². The minimum atomic E-state index is 1.10. The Balaban J connectivity index is 1.10. The van der Waals surface area contributed by atoms with Gasteiger partial charge in [-0.1, -0.05) is 170 Å². The summed E-state index contributed by atoms with van der Waals surface area (Å²) in [6.45, 7) is 0. The Morgan fingerprint density at radius 3 is 1.20 bits per heavy atom. The molecule has 0 aliphatic carbocycles. The Morgan fingerprint density at radius 2 is 0.618 bits per heavy atom. The molecule has 0 radical (unpaired) electrons. The van der Waals surface area contributed by atoms with Gasteiger partial charge in [0.15, 0.2) is 0 Å². The van der Waals surface area contributed by atoms with E-state index in [1.165, 1.54) is 76.8 Å². The molecule has 0 aliphatic rings. The fourth-order valence-corrected chi connectivity index (χ4v) is 7.92. The first-order valence-corrected chi connectivity index (χ1v) is 18.9. The van der Waals surface area contributed by atoms with Gasteiger partial charge < -0.3 is 4.90 Å². The molecule has 0 unspecified atom stereocenters. The van der Waals surface area contributed by atoms with E-state index >= 15 is 0 Å². The molecule has 10 aromatic rings. The fraction of sp³-hybridized carbons (Fsp3) is 0. The van der Waals surface area contributed by atoms with E-state index in [4.69, 9.17) is 0 Å². The first-order valence-electron chi connectivity index (χ1n) is 18.9. The molecule has 0 N–H and O–H groups in total. The molecule has 0 spiro atoms. The van der Waals surface area contributed by atoms with Crippen molar-refractivity contribution in [3.8, 4) is 44.5 Å². The summed E-state index contributed by atoms with van der Waals surface area (Å²) in [6, 6.07) is 81.6. The maximum atomic E-state index is 2.41. The average molecular weight is 700 g/mol. The number of para-hydroxylation sites is 1. The largest absolute Gasteiger partial charge is 0.310 e. The lowest BCUT2D eigenvalue weighted by Crippen LogP contribution is -2.11. The van der Waals surface area contributed by atoms with Crippen LogP contribution in [-0.2, 0) is 0 Å². The quantitative estimate of drug-likeness (QED) is 0.160. The van der Waals surface area contributed by atoms with Gasteiger partial charge in [-0.15, -0.1) is 0 Å². The van der Waals surface area contributed by atoms with Crippen LogP contribution in [0, 0.1) is 0 Å². The summed E-state index contributed by atoms with van der Waals surface area (Å²) >= 11 is 0. The summed E-state index contributed by atoms with van der Waals surface area (Å²) in [4.78, 5) is 2.41. The Kier molecular flexibility index (Phi) is 8.24. The van der Waals surface area contributed by atoms with E-state index in [1.54, 1.807) is 0 Å². The molecule has 0 saturated carbocycles. The van der Waals surface area contributed by atoms with Crippen LogP contribution >= 0.6 is 0 Å². The van der Waals surface area contributed by atoms with E-state index in [1.807, 2.05) is 0 Å². The molecule has 1 nitrogen and oxygen atoms in total. The number of benzene rings is 10. The van der Waals surface area contributed by atoms with E-state index in [0.29, 0.717) is 0 Å². The third kappa shape index (κ3) is 6.33. The molecule has 0 bridgehead atoms. The van der Waals surface area contributed by atoms with Gasteiger partial charge in [0.25, 0.3) is 0 Å². The molecule has 0 saturated heterocycles. The Morgan fingerprint density at radius 1 is 0.218 bits per heavy atom. The van der Waals surface area contributed by atoms with Crippen molar-refractivity contribution in [1.82, 2.24) is 0 Å². The SMILES string of the molecule is c1ccc(N(c2ccc(-c3cccc(-c4ccc5ccccc5c4)c3)cc2)c2cc(-c3ccc4ccccc4c3)ccc2-c2ccc3ccccc3c2)cc1. The molecule has 1 heteroatoms. The van der Waals surface area contributed by atoms with Crippen LogP contribution in [0.5, 0.6) is 0 Å². The van der Waals surface area contributed by atoms with Crippen LogP contribution in [0.1, 0.15) is 0 Å². The third-order valence-corrected chi connectivity index (χ3v) is 10.8. The van der Waals surface area contributed by atoms with Crippen molar-refractivity contribution in [2.45, 2.75) is 0 Å². The van der Waals surface area contributed by atoms with Crippen LogP contribution < -0.4 is 4.90 Å². The molecule has 0 amide bonds. The highest BCUT2D eigenvalue weighted by Gasteiger charge is 2.19. The fourth-order valence-electron chi connectivity index (χ4n) is 7.92. The molecule has 0 aliphatic heterocycles. The monoisotopic (exact) mass is 699 g/mol. The van der Waals surface area contributed by atoms with Gasteiger partial charge in [0.1, 0.15) is 0 Å². The van der Waals surface area contributed by atoms with Crippen LogP contribution in [0.15, 0.2) is 224 Å². The van der Waals surface area contributed by atoms with Crippen LogP contribution in [0.4, 0.5) is 17.1 Å². The maximum Gasteiger partial charge on any atom is 0.0546 e. The summed E-state index contributed by atoms with van der Waals surface area (Å²) in [6.07, 6.45) is 0. The van der Waals surface area contributed by atoms with Gasteiger partial charge in [0.05, 0.1) is 5.69 Å². The topological polar surface area (TPSA) is 3.24 Å². The third-order valence-electron chi connectivity index (χ3n) is 10.8. The van der Waals surface area contributed by atoms with Crippen LogP contribution in [-0.4, -0.2) is 0 Å². The summed E-state index contributed by atoms with van der Waals surface area (Å²) in [5, 5.41) is 7.45. The van der Waals surface area contributed by atoms with Crippen LogP contribution in [0.25, 0.3) is 76.8 Å². The van der Waals surface area contributed by atoms with Gasteiger partial charge in [-0.3, -0.25) is 0 Å². The van der Waals surface area contributed by atoms with Gasteiger partial charge in [-0.2, -0.15) is 0 Å². The van der Waals surface area contributed by atoms with Crippen molar-refractivity contribution < 1.29 is 0 Å². The standard InChI is InChI=1S/C54H37N/c1-2-19-51(20-3-1)55(52-30-27-41(28-31-52)45-17-10-18-46(33-45)47-24-21-38-11-4-7-14-42(38)34-47)54-37-49(48-25-22-39-12-5-8-15-43(39)35-48)29-32-53(54)50-26-23-40-13-6-9-16-44(40)36-50/h1-37H. The molecule has 0 atom stereocenters. The van der Waals surface area contributed by atoms with Gasteiger partial charge in [-0.05, 0) is 126 Å². The van der Waals surface area contributed by atoms with Gasteiger partial charge in [0, 0.05) is 16.9 Å². The van der Waals surface area contributed by atoms with E-state index < -0.39 is 0 Å². The molecule has 258 valence electrons. The molecule has 55 heavy (non-hydrogen) atoms. The maximum absolute atomic E-state index is 2.41. The number of nitrogens with zero attached hydrogens (tertiary/aromatic N) is 1. The van der Waals surface area contributed by atoms with Crippen molar-refractivity contribution in [3.05, 3.63) is 224 Å². The minimum absolute atomic E-state index is 1.10. The Hall–Kier alpha value is -7.22. The summed E-state index contributed by atoms with van der Waals surface area (Å²) < 4.78 is 0. The second-order valence-corrected chi connectivity index (χ2v) is 14.2. The van der Waals surface area contributed by atoms with Crippen molar-refractivity contribution >= 4 is 49.4 Å². The Bertz CT molecular complexity index is 2980. The van der Waals surface area contributed by atoms with Gasteiger partial charge in [0.2, 0.25) is 0 Å². The molecule has 0 heterocycles. The number of hydrogen-bond donors (Lipinski definition) is 0. The van der Waals surface area contributed by atoms with Crippen molar-refractivity contribution in [2.75, 3.05) is 4.90 Å². The first-order chi connectivity index (χ1) is 27.2. The second-order valence-electron chi connectivity index (χ2n) is 14.2. The number of anilines is 3.